The van der Waals surface area contributed by atoms with Crippen molar-refractivity contribution >= 4 is 15.9 Å². The summed E-state index contributed by atoms with van der Waals surface area (Å²) < 4.78 is 6.87. The molecule has 1 atom stereocenters. The topological polar surface area (TPSA) is 21.3 Å². The Balaban J connectivity index is 1.55. The maximum Gasteiger partial charge on any atom is 0.141 e. The van der Waals surface area contributed by atoms with Crippen molar-refractivity contribution in [2.45, 2.75) is 38.1 Å². The zero-order chi connectivity index (χ0) is 15.2. The third-order valence-corrected chi connectivity index (χ3v) is 4.84. The molecule has 0 aliphatic carbocycles. The lowest BCUT2D eigenvalue weighted by Gasteiger charge is -2.23. The van der Waals surface area contributed by atoms with Gasteiger partial charge < -0.3 is 10.1 Å². The van der Waals surface area contributed by atoms with Crippen LogP contribution >= 0.6 is 15.9 Å². The maximum atomic E-state index is 5.90. The Morgan fingerprint density at radius 1 is 1.05 bits per heavy atom. The minimum atomic E-state index is 0.699. The average molecular weight is 360 g/mol. The van der Waals surface area contributed by atoms with Gasteiger partial charge in [0, 0.05) is 6.04 Å². The van der Waals surface area contributed by atoms with Gasteiger partial charge in [0.1, 0.15) is 11.5 Å². The number of ether oxygens (including phenoxy) is 1. The Kier molecular flexibility index (Phi) is 5.52. The molecule has 0 amide bonds. The van der Waals surface area contributed by atoms with Crippen molar-refractivity contribution in [3.8, 4) is 11.5 Å². The van der Waals surface area contributed by atoms with Gasteiger partial charge in [0.2, 0.25) is 0 Å². The SMILES string of the molecule is Brc1ccccc1Oc1ccc(CCC2CCCCN2)cc1. The predicted octanol–water partition coefficient (Wildman–Crippen LogP) is 5.32. The minimum Gasteiger partial charge on any atom is -0.456 e. The van der Waals surface area contributed by atoms with Crippen molar-refractivity contribution in [1.29, 1.82) is 0 Å². The normalized spacial score (nSPS) is 18.1. The van der Waals surface area contributed by atoms with E-state index in [1.54, 1.807) is 0 Å². The molecule has 0 bridgehead atoms. The molecule has 1 N–H and O–H groups in total. The van der Waals surface area contributed by atoms with Gasteiger partial charge in [0.25, 0.3) is 0 Å². The summed E-state index contributed by atoms with van der Waals surface area (Å²) in [6, 6.07) is 17.1. The van der Waals surface area contributed by atoms with Crippen molar-refractivity contribution in [1.82, 2.24) is 5.32 Å². The minimum absolute atomic E-state index is 0.699. The van der Waals surface area contributed by atoms with E-state index in [1.807, 2.05) is 24.3 Å². The first-order valence-corrected chi connectivity index (χ1v) is 8.85. The largest absolute Gasteiger partial charge is 0.456 e. The molecule has 2 aromatic rings. The van der Waals surface area contributed by atoms with Crippen molar-refractivity contribution in [2.24, 2.45) is 0 Å². The number of piperidine rings is 1. The molecule has 22 heavy (non-hydrogen) atoms. The highest BCUT2D eigenvalue weighted by Crippen LogP contribution is 2.29. The van der Waals surface area contributed by atoms with Gasteiger partial charge in [0.15, 0.2) is 0 Å². The summed E-state index contributed by atoms with van der Waals surface area (Å²) in [7, 11) is 0. The number of rotatable bonds is 5. The molecule has 2 aromatic carbocycles. The molecular weight excluding hydrogens is 338 g/mol. The first-order valence-electron chi connectivity index (χ1n) is 8.06. The molecule has 1 aliphatic heterocycles. The molecule has 1 aliphatic rings. The highest BCUT2D eigenvalue weighted by atomic mass is 79.9. The van der Waals surface area contributed by atoms with Crippen LogP contribution < -0.4 is 10.1 Å². The third kappa shape index (κ3) is 4.34. The molecule has 1 fully saturated rings. The molecule has 0 aromatic heterocycles. The van der Waals surface area contributed by atoms with Crippen molar-refractivity contribution in [3.63, 3.8) is 0 Å². The van der Waals surface area contributed by atoms with Gasteiger partial charge in [-0.2, -0.15) is 0 Å². The van der Waals surface area contributed by atoms with Gasteiger partial charge >= 0.3 is 0 Å². The van der Waals surface area contributed by atoms with E-state index in [2.05, 4.69) is 45.5 Å². The Morgan fingerprint density at radius 2 is 1.86 bits per heavy atom. The smallest absolute Gasteiger partial charge is 0.141 e. The van der Waals surface area contributed by atoms with Crippen LogP contribution in [0, 0.1) is 0 Å². The summed E-state index contributed by atoms with van der Waals surface area (Å²) in [6.45, 7) is 1.18. The van der Waals surface area contributed by atoms with E-state index >= 15 is 0 Å². The average Bonchev–Trinajstić information content (AvgIpc) is 2.57. The molecule has 1 saturated heterocycles. The summed E-state index contributed by atoms with van der Waals surface area (Å²) in [4.78, 5) is 0. The number of aryl methyl sites for hydroxylation is 1. The summed E-state index contributed by atoms with van der Waals surface area (Å²) in [5.74, 6) is 1.73. The van der Waals surface area contributed by atoms with Crippen LogP contribution in [0.5, 0.6) is 11.5 Å². The summed E-state index contributed by atoms with van der Waals surface area (Å²) in [5.41, 5.74) is 1.38. The fourth-order valence-corrected chi connectivity index (χ4v) is 3.26. The molecule has 3 heteroatoms. The first kappa shape index (κ1) is 15.6. The third-order valence-electron chi connectivity index (χ3n) is 4.18. The van der Waals surface area contributed by atoms with Crippen molar-refractivity contribution in [3.05, 3.63) is 58.6 Å². The van der Waals surface area contributed by atoms with Crippen molar-refractivity contribution in [2.75, 3.05) is 6.54 Å². The summed E-state index contributed by atoms with van der Waals surface area (Å²) >= 11 is 3.51. The Hall–Kier alpha value is -1.32. The van der Waals surface area contributed by atoms with Crippen molar-refractivity contribution < 1.29 is 4.74 Å². The second-order valence-electron chi connectivity index (χ2n) is 5.86. The Morgan fingerprint density at radius 3 is 2.59 bits per heavy atom. The van der Waals surface area contributed by atoms with E-state index < -0.39 is 0 Å². The second-order valence-corrected chi connectivity index (χ2v) is 6.72. The van der Waals surface area contributed by atoms with Crippen LogP contribution in [0.4, 0.5) is 0 Å². The fraction of sp³-hybridized carbons (Fsp3) is 0.368. The van der Waals surface area contributed by atoms with Crippen LogP contribution in [0.2, 0.25) is 0 Å². The Labute approximate surface area is 141 Å². The summed E-state index contributed by atoms with van der Waals surface area (Å²) in [5, 5.41) is 3.61. The zero-order valence-corrected chi connectivity index (χ0v) is 14.3. The molecule has 2 nitrogen and oxygen atoms in total. The van der Waals surface area contributed by atoms with E-state index in [-0.39, 0.29) is 0 Å². The van der Waals surface area contributed by atoms with E-state index in [0.29, 0.717) is 6.04 Å². The maximum absolute atomic E-state index is 5.90. The zero-order valence-electron chi connectivity index (χ0n) is 12.7. The van der Waals surface area contributed by atoms with E-state index in [1.165, 1.54) is 37.8 Å². The van der Waals surface area contributed by atoms with Crippen LogP contribution in [0.15, 0.2) is 53.0 Å². The highest BCUT2D eigenvalue weighted by Gasteiger charge is 2.12. The molecule has 0 radical (unpaired) electrons. The van der Waals surface area contributed by atoms with Gasteiger partial charge in [-0.3, -0.25) is 0 Å². The van der Waals surface area contributed by atoms with Crippen LogP contribution in [-0.2, 0) is 6.42 Å². The lowest BCUT2D eigenvalue weighted by molar-refractivity contribution is 0.383. The summed E-state index contributed by atoms with van der Waals surface area (Å²) in [6.07, 6.45) is 6.38. The monoisotopic (exact) mass is 359 g/mol. The van der Waals surface area contributed by atoms with Crippen LogP contribution in [0.25, 0.3) is 0 Å². The predicted molar refractivity (Wildman–Crippen MR) is 94.6 cm³/mol. The van der Waals surface area contributed by atoms with E-state index in [4.69, 9.17) is 4.74 Å². The lowest BCUT2D eigenvalue weighted by atomic mass is 9.98. The number of para-hydroxylation sites is 1. The standard InChI is InChI=1S/C19H22BrNO/c20-18-6-1-2-7-19(18)22-17-12-9-15(10-13-17)8-11-16-5-3-4-14-21-16/h1-2,6-7,9-10,12-13,16,21H,3-5,8,11,14H2. The van der Waals surface area contributed by atoms with Gasteiger partial charge in [-0.25, -0.2) is 0 Å². The lowest BCUT2D eigenvalue weighted by Crippen LogP contribution is -2.34. The number of halogens is 1. The Bertz CT molecular complexity index is 591. The quantitative estimate of drug-likeness (QED) is 0.780. The molecule has 1 heterocycles. The molecule has 0 spiro atoms. The number of hydrogen-bond donors (Lipinski definition) is 1. The van der Waals surface area contributed by atoms with Crippen LogP contribution in [0.3, 0.4) is 0 Å². The van der Waals surface area contributed by atoms with Gasteiger partial charge in [0.05, 0.1) is 4.47 Å². The van der Waals surface area contributed by atoms with Gasteiger partial charge in [-0.15, -0.1) is 0 Å². The van der Waals surface area contributed by atoms with E-state index in [9.17, 15) is 0 Å². The van der Waals surface area contributed by atoms with Crippen LogP contribution in [-0.4, -0.2) is 12.6 Å². The second kappa shape index (κ2) is 7.80. The molecule has 0 saturated carbocycles. The van der Waals surface area contributed by atoms with Crippen LogP contribution in [0.1, 0.15) is 31.2 Å². The number of nitrogens with one attached hydrogen (secondary N) is 1. The number of hydrogen-bond acceptors (Lipinski definition) is 2. The molecular formula is C19H22BrNO. The fourth-order valence-electron chi connectivity index (χ4n) is 2.89. The molecule has 1 unspecified atom stereocenters. The van der Waals surface area contributed by atoms with Gasteiger partial charge in [-0.1, -0.05) is 30.7 Å². The van der Waals surface area contributed by atoms with E-state index in [0.717, 1.165) is 22.4 Å². The number of benzene rings is 2. The molecule has 3 rings (SSSR count). The first-order chi connectivity index (χ1) is 10.8. The highest BCUT2D eigenvalue weighted by molar-refractivity contribution is 9.10. The molecule has 116 valence electrons. The van der Waals surface area contributed by atoms with Gasteiger partial charge in [-0.05, 0) is 78.0 Å².